The summed E-state index contributed by atoms with van der Waals surface area (Å²) in [5.74, 6) is 1.43. The number of ether oxygens (including phenoxy) is 1. The van der Waals surface area contributed by atoms with E-state index in [4.69, 9.17) is 4.74 Å². The minimum absolute atomic E-state index is 0.0611. The molecule has 0 bridgehead atoms. The molecule has 2 N–H and O–H groups in total. The number of nitrogens with one attached hydrogen (secondary N) is 2. The number of fused-ring (bicyclic) bond motifs is 1. The number of hydrogen-bond acceptors (Lipinski definition) is 8. The molecule has 0 spiro atoms. The van der Waals surface area contributed by atoms with Crippen LogP contribution in [-0.4, -0.2) is 36.7 Å². The predicted octanol–water partition coefficient (Wildman–Crippen LogP) is 3.71. The minimum atomic E-state index is -0.0611. The highest BCUT2D eigenvalue weighted by atomic mass is 16.5. The molecule has 0 aliphatic heterocycles. The van der Waals surface area contributed by atoms with Gasteiger partial charge in [0, 0.05) is 35.9 Å². The molecule has 9 nitrogen and oxygen atoms in total. The van der Waals surface area contributed by atoms with Gasteiger partial charge in [0.25, 0.3) is 0 Å². The third kappa shape index (κ3) is 3.90. The van der Waals surface area contributed by atoms with Gasteiger partial charge in [0.2, 0.25) is 17.8 Å². The van der Waals surface area contributed by atoms with Crippen LogP contribution >= 0.6 is 0 Å². The number of anilines is 2. The monoisotopic (exact) mass is 402 g/mol. The van der Waals surface area contributed by atoms with Gasteiger partial charge in [0.1, 0.15) is 5.52 Å². The lowest BCUT2D eigenvalue weighted by Crippen LogP contribution is -2.13. The summed E-state index contributed by atoms with van der Waals surface area (Å²) in [6, 6.07) is 7.67. The Morgan fingerprint density at radius 3 is 2.63 bits per heavy atom. The third-order valence-corrected chi connectivity index (χ3v) is 4.49. The summed E-state index contributed by atoms with van der Waals surface area (Å²) in [7, 11) is 1.59. The molecule has 4 aromatic heterocycles. The Kier molecular flexibility index (Phi) is 5.51. The Bertz CT molecular complexity index is 1160. The number of pyridine rings is 1. The van der Waals surface area contributed by atoms with E-state index in [9.17, 15) is 0 Å². The van der Waals surface area contributed by atoms with E-state index >= 15 is 0 Å². The summed E-state index contributed by atoms with van der Waals surface area (Å²) < 4.78 is 7.30. The lowest BCUT2D eigenvalue weighted by molar-refractivity contribution is 0.399. The van der Waals surface area contributed by atoms with Crippen LogP contribution in [0.2, 0.25) is 0 Å². The molecule has 0 saturated heterocycles. The molecule has 0 radical (unpaired) electrons. The first kappa shape index (κ1) is 19.3. The molecule has 30 heavy (non-hydrogen) atoms. The highest BCUT2D eigenvalue weighted by Crippen LogP contribution is 2.31. The van der Waals surface area contributed by atoms with Gasteiger partial charge < -0.3 is 15.4 Å². The fourth-order valence-corrected chi connectivity index (χ4v) is 3.03. The first-order valence-corrected chi connectivity index (χ1v) is 9.50. The Labute approximate surface area is 173 Å². The second kappa shape index (κ2) is 8.56. The minimum Gasteiger partial charge on any atom is -0.479 e. The summed E-state index contributed by atoms with van der Waals surface area (Å²) >= 11 is 0. The lowest BCUT2D eigenvalue weighted by Gasteiger charge is -2.14. The largest absolute Gasteiger partial charge is 0.479 e. The number of aromatic nitrogens is 6. The van der Waals surface area contributed by atoms with E-state index in [0.29, 0.717) is 17.8 Å². The Morgan fingerprint density at radius 1 is 1.10 bits per heavy atom. The molecule has 1 atom stereocenters. The zero-order chi connectivity index (χ0) is 20.9. The smallest absolute Gasteiger partial charge is 0.244 e. The first-order chi connectivity index (χ1) is 14.7. The van der Waals surface area contributed by atoms with Crippen LogP contribution in [0.1, 0.15) is 25.6 Å². The zero-order valence-corrected chi connectivity index (χ0v) is 16.9. The molecule has 4 rings (SSSR count). The van der Waals surface area contributed by atoms with Crippen molar-refractivity contribution >= 4 is 17.4 Å². The molecule has 0 aliphatic carbocycles. The predicted molar refractivity (Wildman–Crippen MR) is 115 cm³/mol. The number of methoxy groups -OCH3 is 1. The van der Waals surface area contributed by atoms with E-state index in [1.54, 1.807) is 36.4 Å². The summed E-state index contributed by atoms with van der Waals surface area (Å²) in [4.78, 5) is 17.6. The molecule has 4 aromatic rings. The van der Waals surface area contributed by atoms with Crippen molar-refractivity contribution in [3.63, 3.8) is 0 Å². The van der Waals surface area contributed by atoms with Gasteiger partial charge in [0.15, 0.2) is 0 Å². The maximum atomic E-state index is 5.56. The van der Waals surface area contributed by atoms with Crippen molar-refractivity contribution in [1.82, 2.24) is 29.5 Å². The molecule has 0 aromatic carbocycles. The van der Waals surface area contributed by atoms with Crippen LogP contribution in [-0.2, 0) is 0 Å². The molecule has 0 saturated carbocycles. The van der Waals surface area contributed by atoms with Crippen LogP contribution in [0.4, 0.5) is 11.9 Å². The molecule has 152 valence electrons. The zero-order valence-electron chi connectivity index (χ0n) is 16.9. The average Bonchev–Trinajstić information content (AvgIpc) is 3.22. The molecule has 9 heteroatoms. The van der Waals surface area contributed by atoms with Gasteiger partial charge in [-0.1, -0.05) is 12.1 Å². The summed E-state index contributed by atoms with van der Waals surface area (Å²) in [5.41, 5.74) is 3.37. The molecule has 0 amide bonds. The normalized spacial score (nSPS) is 12.2. The summed E-state index contributed by atoms with van der Waals surface area (Å²) in [6.45, 7) is 3.92. The van der Waals surface area contributed by atoms with Crippen molar-refractivity contribution in [2.45, 2.75) is 19.9 Å². The van der Waals surface area contributed by atoms with Gasteiger partial charge in [-0.05, 0) is 38.2 Å². The fourth-order valence-electron chi connectivity index (χ4n) is 3.03. The van der Waals surface area contributed by atoms with E-state index in [2.05, 4.69) is 35.7 Å². The molecule has 0 unspecified atom stereocenters. The maximum absolute atomic E-state index is 5.56. The maximum Gasteiger partial charge on any atom is 0.244 e. The summed E-state index contributed by atoms with van der Waals surface area (Å²) in [6.07, 6.45) is 10.8. The van der Waals surface area contributed by atoms with Gasteiger partial charge in [-0.15, -0.1) is 5.10 Å². The van der Waals surface area contributed by atoms with Crippen LogP contribution in [0.3, 0.4) is 0 Å². The van der Waals surface area contributed by atoms with Crippen LogP contribution < -0.4 is 15.4 Å². The van der Waals surface area contributed by atoms with Crippen molar-refractivity contribution in [2.75, 3.05) is 17.7 Å². The number of allylic oxidation sites excluding steroid dienone is 1. The molecule has 4 heterocycles. The van der Waals surface area contributed by atoms with E-state index in [1.807, 2.05) is 50.4 Å². The van der Waals surface area contributed by atoms with E-state index in [1.165, 1.54) is 0 Å². The third-order valence-electron chi connectivity index (χ3n) is 4.49. The van der Waals surface area contributed by atoms with Crippen LogP contribution in [0.5, 0.6) is 5.88 Å². The number of hydrogen-bond donors (Lipinski definition) is 2. The Morgan fingerprint density at radius 2 is 1.93 bits per heavy atom. The fraction of sp³-hybridized carbons (Fsp3) is 0.190. The van der Waals surface area contributed by atoms with E-state index < -0.39 is 0 Å². The second-order valence-electron chi connectivity index (χ2n) is 6.53. The van der Waals surface area contributed by atoms with Crippen LogP contribution in [0.25, 0.3) is 16.6 Å². The molecule has 0 aliphatic rings. The molecule has 0 fully saturated rings. The van der Waals surface area contributed by atoms with Crippen LogP contribution in [0.15, 0.2) is 61.3 Å². The second-order valence-corrected chi connectivity index (χ2v) is 6.53. The Balaban J connectivity index is 1.66. The van der Waals surface area contributed by atoms with Crippen molar-refractivity contribution in [3.8, 4) is 17.0 Å². The van der Waals surface area contributed by atoms with Crippen molar-refractivity contribution < 1.29 is 4.74 Å². The van der Waals surface area contributed by atoms with Gasteiger partial charge >= 0.3 is 0 Å². The highest BCUT2D eigenvalue weighted by Gasteiger charge is 2.17. The average molecular weight is 402 g/mol. The van der Waals surface area contributed by atoms with Gasteiger partial charge in [0.05, 0.1) is 18.8 Å². The topological polar surface area (TPSA) is 102 Å². The van der Waals surface area contributed by atoms with Gasteiger partial charge in [-0.25, -0.2) is 14.5 Å². The van der Waals surface area contributed by atoms with Crippen molar-refractivity contribution in [3.05, 3.63) is 67.0 Å². The van der Waals surface area contributed by atoms with E-state index in [-0.39, 0.29) is 6.04 Å². The van der Waals surface area contributed by atoms with Gasteiger partial charge in [-0.3, -0.25) is 4.98 Å². The first-order valence-electron chi connectivity index (χ1n) is 9.50. The number of nitrogens with zero attached hydrogens (tertiary/aromatic N) is 6. The quantitative estimate of drug-likeness (QED) is 0.482. The van der Waals surface area contributed by atoms with Crippen molar-refractivity contribution in [2.24, 2.45) is 0 Å². The van der Waals surface area contributed by atoms with Crippen molar-refractivity contribution in [1.29, 1.82) is 0 Å². The standard InChI is InChI=1S/C21H22N8O/c1-4-9-23-20-24-12-15(13-25-20)16-8-11-29-18(16)19(30-3)27-21(28-29)26-14(2)17-7-5-6-10-22-17/h4-14H,1-3H3,(H,26,28)(H,23,24,25)/b9-4-/t14-/m0/s1. The van der Waals surface area contributed by atoms with Crippen LogP contribution in [0, 0.1) is 0 Å². The van der Waals surface area contributed by atoms with Gasteiger partial charge in [-0.2, -0.15) is 4.98 Å². The van der Waals surface area contributed by atoms with E-state index in [0.717, 1.165) is 22.3 Å². The Hall–Kier alpha value is -4.01. The summed E-state index contributed by atoms with van der Waals surface area (Å²) in [5, 5.41) is 10.8. The highest BCUT2D eigenvalue weighted by molar-refractivity contribution is 5.84. The number of rotatable bonds is 7. The molecular formula is C21H22N8O. The lowest BCUT2D eigenvalue weighted by atomic mass is 10.1. The molecular weight excluding hydrogens is 380 g/mol. The SMILES string of the molecule is C/C=C\Nc1ncc(-c2ccn3nc(N[C@@H](C)c4ccccn4)nc(OC)c23)cn1.